The van der Waals surface area contributed by atoms with Crippen LogP contribution in [-0.2, 0) is 9.47 Å². The van der Waals surface area contributed by atoms with Crippen molar-refractivity contribution in [2.24, 2.45) is 0 Å². The minimum Gasteiger partial charge on any atom is -0.346 e. The van der Waals surface area contributed by atoms with Gasteiger partial charge < -0.3 is 9.47 Å². The van der Waals surface area contributed by atoms with Gasteiger partial charge in [-0.25, -0.2) is 0 Å². The van der Waals surface area contributed by atoms with Gasteiger partial charge in [0, 0.05) is 10.0 Å². The average Bonchev–Trinajstić information content (AvgIpc) is 2.68. The molecule has 2 atom stereocenters. The Morgan fingerprint density at radius 2 is 2.13 bits per heavy atom. The van der Waals surface area contributed by atoms with E-state index in [2.05, 4.69) is 22.0 Å². The van der Waals surface area contributed by atoms with Crippen LogP contribution in [0.5, 0.6) is 0 Å². The first-order valence-electron chi connectivity index (χ1n) is 4.69. The highest BCUT2D eigenvalue weighted by Crippen LogP contribution is 2.28. The summed E-state index contributed by atoms with van der Waals surface area (Å²) in [6, 6.07) is 9.86. The third-order valence-electron chi connectivity index (χ3n) is 2.21. The second-order valence-corrected chi connectivity index (χ2v) is 4.25. The van der Waals surface area contributed by atoms with Gasteiger partial charge in [-0.3, -0.25) is 0 Å². The van der Waals surface area contributed by atoms with Gasteiger partial charge >= 0.3 is 0 Å². The summed E-state index contributed by atoms with van der Waals surface area (Å²) in [5.41, 5.74) is 0.985. The molecule has 2 rings (SSSR count). The van der Waals surface area contributed by atoms with Crippen LogP contribution < -0.4 is 0 Å². The molecule has 1 aliphatic rings. The second-order valence-electron chi connectivity index (χ2n) is 3.34. The van der Waals surface area contributed by atoms with Crippen LogP contribution in [0.15, 0.2) is 28.7 Å². The zero-order chi connectivity index (χ0) is 10.7. The summed E-state index contributed by atoms with van der Waals surface area (Å²) in [6.45, 7) is 0.494. The molecule has 0 aliphatic carbocycles. The summed E-state index contributed by atoms with van der Waals surface area (Å²) < 4.78 is 12.0. The van der Waals surface area contributed by atoms with E-state index in [0.717, 1.165) is 10.0 Å². The van der Waals surface area contributed by atoms with Crippen molar-refractivity contribution >= 4 is 15.9 Å². The minimum atomic E-state index is -0.323. The summed E-state index contributed by atoms with van der Waals surface area (Å²) in [5, 5.41) is 8.53. The fourth-order valence-electron chi connectivity index (χ4n) is 1.45. The Labute approximate surface area is 96.7 Å². The van der Waals surface area contributed by atoms with Crippen LogP contribution in [-0.4, -0.2) is 12.7 Å². The summed E-state index contributed by atoms with van der Waals surface area (Å²) in [7, 11) is 0. The van der Waals surface area contributed by atoms with E-state index in [1.165, 1.54) is 0 Å². The standard InChI is InChI=1S/C11H10BrNO2/c12-9-3-1-8(2-4-9)11-14-7-10(15-11)5-6-13/h1-4,10-11H,5,7H2. The quantitative estimate of drug-likeness (QED) is 0.828. The summed E-state index contributed by atoms with van der Waals surface area (Å²) in [5.74, 6) is 0. The lowest BCUT2D eigenvalue weighted by atomic mass is 10.2. The SMILES string of the molecule is N#CCC1COC(c2ccc(Br)cc2)O1. The van der Waals surface area contributed by atoms with E-state index in [9.17, 15) is 0 Å². The molecule has 1 aromatic rings. The van der Waals surface area contributed by atoms with Gasteiger partial charge in [0.15, 0.2) is 6.29 Å². The van der Waals surface area contributed by atoms with E-state index in [1.54, 1.807) is 0 Å². The zero-order valence-electron chi connectivity index (χ0n) is 8.02. The Balaban J connectivity index is 2.02. The first-order valence-corrected chi connectivity index (χ1v) is 5.48. The highest BCUT2D eigenvalue weighted by molar-refractivity contribution is 9.10. The molecule has 0 spiro atoms. The number of benzene rings is 1. The van der Waals surface area contributed by atoms with E-state index >= 15 is 0 Å². The third kappa shape index (κ3) is 2.57. The summed E-state index contributed by atoms with van der Waals surface area (Å²) in [6.07, 6.45) is -0.0346. The van der Waals surface area contributed by atoms with Crippen molar-refractivity contribution in [1.82, 2.24) is 0 Å². The van der Waals surface area contributed by atoms with Crippen molar-refractivity contribution in [1.29, 1.82) is 5.26 Å². The van der Waals surface area contributed by atoms with Crippen LogP contribution in [0.4, 0.5) is 0 Å². The Bertz CT molecular complexity index is 371. The highest BCUT2D eigenvalue weighted by Gasteiger charge is 2.26. The number of hydrogen-bond acceptors (Lipinski definition) is 3. The molecule has 1 aliphatic heterocycles. The molecule has 0 saturated carbocycles. The summed E-state index contributed by atoms with van der Waals surface area (Å²) in [4.78, 5) is 0. The molecule has 1 aromatic carbocycles. The first kappa shape index (κ1) is 10.6. The molecule has 0 amide bonds. The molecule has 1 fully saturated rings. The topological polar surface area (TPSA) is 42.2 Å². The van der Waals surface area contributed by atoms with E-state index in [1.807, 2.05) is 24.3 Å². The molecule has 2 unspecified atom stereocenters. The molecule has 78 valence electrons. The van der Waals surface area contributed by atoms with Crippen LogP contribution in [0.3, 0.4) is 0 Å². The second kappa shape index (κ2) is 4.75. The molecule has 1 saturated heterocycles. The van der Waals surface area contributed by atoms with Gasteiger partial charge in [0.1, 0.15) is 0 Å². The van der Waals surface area contributed by atoms with Gasteiger partial charge in [-0.1, -0.05) is 28.1 Å². The molecular formula is C11H10BrNO2. The molecule has 15 heavy (non-hydrogen) atoms. The van der Waals surface area contributed by atoms with Crippen molar-refractivity contribution in [2.75, 3.05) is 6.61 Å². The fraction of sp³-hybridized carbons (Fsp3) is 0.364. The predicted octanol–water partition coefficient (Wildman–Crippen LogP) is 2.78. The van der Waals surface area contributed by atoms with E-state index in [0.29, 0.717) is 13.0 Å². The van der Waals surface area contributed by atoms with Gasteiger partial charge in [-0.15, -0.1) is 0 Å². The maximum absolute atomic E-state index is 8.53. The predicted molar refractivity (Wildman–Crippen MR) is 57.9 cm³/mol. The lowest BCUT2D eigenvalue weighted by molar-refractivity contribution is -0.0592. The van der Waals surface area contributed by atoms with Crippen molar-refractivity contribution in [3.05, 3.63) is 34.3 Å². The van der Waals surface area contributed by atoms with Gasteiger partial charge in [0.05, 0.1) is 25.2 Å². The average molecular weight is 268 g/mol. The number of nitrogens with zero attached hydrogens (tertiary/aromatic N) is 1. The first-order chi connectivity index (χ1) is 7.29. The Hall–Kier alpha value is -0.890. The lowest BCUT2D eigenvalue weighted by Gasteiger charge is -2.10. The molecule has 0 N–H and O–H groups in total. The smallest absolute Gasteiger partial charge is 0.184 e. The molecular weight excluding hydrogens is 258 g/mol. The Morgan fingerprint density at radius 1 is 1.40 bits per heavy atom. The van der Waals surface area contributed by atoms with E-state index in [4.69, 9.17) is 14.7 Å². The van der Waals surface area contributed by atoms with Gasteiger partial charge in [-0.2, -0.15) is 5.26 Å². The van der Waals surface area contributed by atoms with Crippen LogP contribution in [0.1, 0.15) is 18.3 Å². The van der Waals surface area contributed by atoms with Gasteiger partial charge in [-0.05, 0) is 12.1 Å². The van der Waals surface area contributed by atoms with Crippen LogP contribution >= 0.6 is 15.9 Å². The molecule has 0 radical (unpaired) electrons. The van der Waals surface area contributed by atoms with Crippen molar-refractivity contribution in [3.8, 4) is 6.07 Å². The number of hydrogen-bond donors (Lipinski definition) is 0. The third-order valence-corrected chi connectivity index (χ3v) is 2.74. The molecule has 0 aromatic heterocycles. The van der Waals surface area contributed by atoms with E-state index < -0.39 is 0 Å². The Kier molecular flexibility index (Phi) is 3.37. The molecule has 1 heterocycles. The molecule has 3 nitrogen and oxygen atoms in total. The number of rotatable bonds is 2. The van der Waals surface area contributed by atoms with Crippen LogP contribution in [0, 0.1) is 11.3 Å². The summed E-state index contributed by atoms with van der Waals surface area (Å²) >= 11 is 3.37. The largest absolute Gasteiger partial charge is 0.346 e. The van der Waals surface area contributed by atoms with Crippen molar-refractivity contribution in [3.63, 3.8) is 0 Å². The normalized spacial score (nSPS) is 25.1. The van der Waals surface area contributed by atoms with Crippen LogP contribution in [0.25, 0.3) is 0 Å². The van der Waals surface area contributed by atoms with Crippen LogP contribution in [0.2, 0.25) is 0 Å². The van der Waals surface area contributed by atoms with Gasteiger partial charge in [0.25, 0.3) is 0 Å². The fourth-order valence-corrected chi connectivity index (χ4v) is 1.72. The van der Waals surface area contributed by atoms with E-state index in [-0.39, 0.29) is 12.4 Å². The van der Waals surface area contributed by atoms with Crippen molar-refractivity contribution < 1.29 is 9.47 Å². The number of ether oxygens (including phenoxy) is 2. The molecule has 4 heteroatoms. The monoisotopic (exact) mass is 267 g/mol. The zero-order valence-corrected chi connectivity index (χ0v) is 9.61. The minimum absolute atomic E-state index is 0.0938. The maximum atomic E-state index is 8.53. The van der Waals surface area contributed by atoms with Crippen molar-refractivity contribution in [2.45, 2.75) is 18.8 Å². The maximum Gasteiger partial charge on any atom is 0.184 e. The lowest BCUT2D eigenvalue weighted by Crippen LogP contribution is -2.07. The van der Waals surface area contributed by atoms with Gasteiger partial charge in [0.2, 0.25) is 0 Å². The molecule has 0 bridgehead atoms. The number of halogens is 1. The number of nitriles is 1. The highest BCUT2D eigenvalue weighted by atomic mass is 79.9. The Morgan fingerprint density at radius 3 is 2.80 bits per heavy atom.